The zero-order chi connectivity index (χ0) is 17.3. The van der Waals surface area contributed by atoms with Gasteiger partial charge in [-0.25, -0.2) is 4.79 Å². The summed E-state index contributed by atoms with van der Waals surface area (Å²) in [5, 5.41) is 4.93. The molecule has 2 unspecified atom stereocenters. The molecule has 24 heavy (non-hydrogen) atoms. The highest BCUT2D eigenvalue weighted by atomic mass is 16.5. The average Bonchev–Trinajstić information content (AvgIpc) is 2.92. The van der Waals surface area contributed by atoms with E-state index in [1.165, 1.54) is 0 Å². The first-order chi connectivity index (χ1) is 11.5. The van der Waals surface area contributed by atoms with E-state index in [1.54, 1.807) is 7.11 Å². The van der Waals surface area contributed by atoms with Crippen molar-refractivity contribution in [2.24, 2.45) is 0 Å². The Morgan fingerprint density at radius 3 is 2.46 bits per heavy atom. The number of methoxy groups -OCH3 is 1. The monoisotopic (exact) mass is 332 g/mol. The molecule has 7 heteroatoms. The van der Waals surface area contributed by atoms with Crippen LogP contribution in [0.4, 0.5) is 10.5 Å². The molecule has 0 saturated carbocycles. The molecule has 3 amide bonds. The van der Waals surface area contributed by atoms with Crippen molar-refractivity contribution in [3.8, 4) is 0 Å². The molecule has 0 aliphatic carbocycles. The smallest absolute Gasteiger partial charge is 0.322 e. The molecule has 1 aromatic carbocycles. The zero-order valence-electron chi connectivity index (χ0n) is 14.3. The van der Waals surface area contributed by atoms with E-state index in [0.29, 0.717) is 0 Å². The maximum Gasteiger partial charge on any atom is 0.322 e. The molecule has 2 aliphatic heterocycles. The van der Waals surface area contributed by atoms with Gasteiger partial charge in [-0.3, -0.25) is 15.0 Å². The van der Waals surface area contributed by atoms with Crippen LogP contribution in [-0.2, 0) is 9.53 Å². The third kappa shape index (κ3) is 3.22. The first-order valence-corrected chi connectivity index (χ1v) is 8.23. The highest BCUT2D eigenvalue weighted by Gasteiger charge is 2.32. The molecule has 0 radical (unpaired) electrons. The Labute approximate surface area is 141 Å². The summed E-state index contributed by atoms with van der Waals surface area (Å²) in [5.41, 5.74) is 2.99. The van der Waals surface area contributed by atoms with Crippen LogP contribution < -0.4 is 15.5 Å². The third-order valence-electron chi connectivity index (χ3n) is 4.87. The van der Waals surface area contributed by atoms with Gasteiger partial charge in [-0.05, 0) is 37.1 Å². The molecule has 2 atom stereocenters. The van der Waals surface area contributed by atoms with Crippen LogP contribution >= 0.6 is 0 Å². The second kappa shape index (κ2) is 6.78. The van der Waals surface area contributed by atoms with Crippen LogP contribution in [0.2, 0.25) is 0 Å². The number of carbonyl (C=O) groups is 2. The highest BCUT2D eigenvalue weighted by molar-refractivity contribution is 6.04. The van der Waals surface area contributed by atoms with Crippen LogP contribution in [0.5, 0.6) is 0 Å². The van der Waals surface area contributed by atoms with E-state index < -0.39 is 12.1 Å². The van der Waals surface area contributed by atoms with Gasteiger partial charge in [0.15, 0.2) is 0 Å². The summed E-state index contributed by atoms with van der Waals surface area (Å²) in [6.07, 6.45) is 0.140. The molecular formula is C17H24N4O3. The van der Waals surface area contributed by atoms with E-state index in [9.17, 15) is 9.59 Å². The van der Waals surface area contributed by atoms with Crippen molar-refractivity contribution in [3.63, 3.8) is 0 Å². The minimum atomic E-state index is -0.592. The summed E-state index contributed by atoms with van der Waals surface area (Å²) < 4.78 is 5.38. The van der Waals surface area contributed by atoms with Crippen molar-refractivity contribution in [2.75, 3.05) is 38.2 Å². The topological polar surface area (TPSA) is 73.9 Å². The molecule has 0 aromatic heterocycles. The first kappa shape index (κ1) is 16.7. The number of rotatable bonds is 4. The highest BCUT2D eigenvalue weighted by Crippen LogP contribution is 2.26. The van der Waals surface area contributed by atoms with Gasteiger partial charge in [0.2, 0.25) is 0 Å². The number of imide groups is 1. The lowest BCUT2D eigenvalue weighted by atomic mass is 10.00. The van der Waals surface area contributed by atoms with Gasteiger partial charge < -0.3 is 15.0 Å². The second-order valence-corrected chi connectivity index (χ2v) is 6.29. The lowest BCUT2D eigenvalue weighted by Gasteiger charge is -2.38. The van der Waals surface area contributed by atoms with Crippen molar-refractivity contribution in [1.82, 2.24) is 15.5 Å². The fourth-order valence-corrected chi connectivity index (χ4v) is 3.31. The molecule has 2 saturated heterocycles. The third-order valence-corrected chi connectivity index (χ3v) is 4.87. The van der Waals surface area contributed by atoms with Crippen molar-refractivity contribution in [1.29, 1.82) is 0 Å². The molecule has 7 nitrogen and oxygen atoms in total. The Balaban J connectivity index is 1.70. The predicted molar refractivity (Wildman–Crippen MR) is 90.9 cm³/mol. The summed E-state index contributed by atoms with van der Waals surface area (Å²) in [6.45, 7) is 7.82. The standard InChI is InChI=1S/C17H24N4O3/c1-11-10-13(21-8-6-20(7-9-21)12(2)24-3)4-5-14(11)15-16(22)19-17(23)18-15/h4-5,10,12,15H,6-9H2,1-3H3,(H2,18,19,22,23). The molecule has 0 spiro atoms. The minimum absolute atomic E-state index is 0.140. The Morgan fingerprint density at radius 2 is 1.92 bits per heavy atom. The number of amides is 3. The van der Waals surface area contributed by atoms with E-state index in [4.69, 9.17) is 4.74 Å². The number of ether oxygens (including phenoxy) is 1. The van der Waals surface area contributed by atoms with E-state index >= 15 is 0 Å². The van der Waals surface area contributed by atoms with Gasteiger partial charge in [-0.15, -0.1) is 0 Å². The number of aryl methyl sites for hydroxylation is 1. The maximum absolute atomic E-state index is 11.8. The lowest BCUT2D eigenvalue weighted by molar-refractivity contribution is -0.120. The number of carbonyl (C=O) groups excluding carboxylic acids is 2. The van der Waals surface area contributed by atoms with Crippen molar-refractivity contribution >= 4 is 17.6 Å². The van der Waals surface area contributed by atoms with Gasteiger partial charge in [-0.2, -0.15) is 0 Å². The zero-order valence-corrected chi connectivity index (χ0v) is 14.3. The number of hydrogen-bond donors (Lipinski definition) is 2. The van der Waals surface area contributed by atoms with E-state index in [0.717, 1.165) is 43.0 Å². The number of nitrogens with one attached hydrogen (secondary N) is 2. The SMILES string of the molecule is COC(C)N1CCN(c2ccc(C3NC(=O)NC3=O)c(C)c2)CC1. The molecule has 2 N–H and O–H groups in total. The van der Waals surface area contributed by atoms with Gasteiger partial charge in [0.1, 0.15) is 12.3 Å². The summed E-state index contributed by atoms with van der Waals surface area (Å²) in [4.78, 5) is 27.8. The Bertz CT molecular complexity index is 641. The van der Waals surface area contributed by atoms with E-state index in [1.807, 2.05) is 19.1 Å². The van der Waals surface area contributed by atoms with Crippen molar-refractivity contribution in [3.05, 3.63) is 29.3 Å². The molecule has 3 rings (SSSR count). The number of hydrogen-bond acceptors (Lipinski definition) is 5. The van der Waals surface area contributed by atoms with Crippen LogP contribution in [0.1, 0.15) is 24.1 Å². The van der Waals surface area contributed by atoms with Crippen LogP contribution in [-0.4, -0.2) is 56.4 Å². The first-order valence-electron chi connectivity index (χ1n) is 8.23. The number of benzene rings is 1. The number of anilines is 1. The van der Waals surface area contributed by atoms with Gasteiger partial charge in [0.05, 0.1) is 0 Å². The summed E-state index contributed by atoms with van der Waals surface area (Å²) in [6, 6.07) is 5.02. The maximum atomic E-state index is 11.8. The van der Waals surface area contributed by atoms with Gasteiger partial charge in [0, 0.05) is 39.0 Å². The van der Waals surface area contributed by atoms with Gasteiger partial charge in [-0.1, -0.05) is 6.07 Å². The minimum Gasteiger partial charge on any atom is -0.369 e. The average molecular weight is 332 g/mol. The molecular weight excluding hydrogens is 308 g/mol. The summed E-state index contributed by atoms with van der Waals surface area (Å²) in [7, 11) is 1.73. The number of nitrogens with zero attached hydrogens (tertiary/aromatic N) is 2. The van der Waals surface area contributed by atoms with Crippen molar-refractivity contribution in [2.45, 2.75) is 26.1 Å². The van der Waals surface area contributed by atoms with Crippen LogP contribution in [0.3, 0.4) is 0 Å². The van der Waals surface area contributed by atoms with Gasteiger partial charge >= 0.3 is 6.03 Å². The lowest BCUT2D eigenvalue weighted by Crippen LogP contribution is -2.50. The van der Waals surface area contributed by atoms with Crippen LogP contribution in [0.15, 0.2) is 18.2 Å². The van der Waals surface area contributed by atoms with Gasteiger partial charge in [0.25, 0.3) is 5.91 Å². The molecule has 2 fully saturated rings. The number of piperazine rings is 1. The second-order valence-electron chi connectivity index (χ2n) is 6.29. The van der Waals surface area contributed by atoms with Crippen LogP contribution in [0.25, 0.3) is 0 Å². The quantitative estimate of drug-likeness (QED) is 0.805. The summed E-state index contributed by atoms with van der Waals surface area (Å²) in [5.74, 6) is -0.294. The number of urea groups is 1. The fraction of sp³-hybridized carbons (Fsp3) is 0.529. The van der Waals surface area contributed by atoms with Crippen molar-refractivity contribution < 1.29 is 14.3 Å². The van der Waals surface area contributed by atoms with E-state index in [-0.39, 0.29) is 12.1 Å². The molecule has 130 valence electrons. The Morgan fingerprint density at radius 1 is 1.21 bits per heavy atom. The largest absolute Gasteiger partial charge is 0.369 e. The van der Waals surface area contributed by atoms with Crippen LogP contribution in [0, 0.1) is 6.92 Å². The van der Waals surface area contributed by atoms with E-state index in [2.05, 4.69) is 33.4 Å². The molecule has 1 aromatic rings. The predicted octanol–water partition coefficient (Wildman–Crippen LogP) is 0.990. The molecule has 2 aliphatic rings. The molecule has 2 heterocycles. The summed E-state index contributed by atoms with van der Waals surface area (Å²) >= 11 is 0. The normalized spacial score (nSPS) is 23.1. The fourth-order valence-electron chi connectivity index (χ4n) is 3.31. The Hall–Kier alpha value is -2.12. The molecule has 0 bridgehead atoms. The Kier molecular flexibility index (Phi) is 4.73.